The maximum Gasteiger partial charge on any atom is 0.416 e. The number of ether oxygens (including phenoxy) is 3. The number of anilines is 1. The molecule has 53 heavy (non-hydrogen) atoms. The highest BCUT2D eigenvalue weighted by atomic mass is 19.4. The van der Waals surface area contributed by atoms with E-state index in [0.717, 1.165) is 11.1 Å². The summed E-state index contributed by atoms with van der Waals surface area (Å²) in [6.07, 6.45) is -0.620. The molecule has 0 radical (unpaired) electrons. The van der Waals surface area contributed by atoms with Crippen molar-refractivity contribution in [2.45, 2.75) is 38.0 Å². The number of methoxy groups -OCH3 is 2. The molecule has 1 aliphatic heterocycles. The van der Waals surface area contributed by atoms with Crippen molar-refractivity contribution < 1.29 is 32.2 Å². The molecule has 1 unspecified atom stereocenters. The molecule has 1 aliphatic carbocycles. The fraction of sp³-hybridized carbons (Fsp3) is 0.178. The summed E-state index contributed by atoms with van der Waals surface area (Å²) in [6, 6.07) is 32.9. The minimum absolute atomic E-state index is 0.203. The molecule has 0 saturated carbocycles. The van der Waals surface area contributed by atoms with Gasteiger partial charge in [0.25, 0.3) is 5.91 Å². The number of amides is 1. The van der Waals surface area contributed by atoms with Gasteiger partial charge in [-0.1, -0.05) is 86.7 Å². The third-order valence-electron chi connectivity index (χ3n) is 10.5. The van der Waals surface area contributed by atoms with Crippen molar-refractivity contribution in [2.24, 2.45) is 0 Å². The van der Waals surface area contributed by atoms with Crippen LogP contribution in [-0.2, 0) is 17.2 Å². The highest BCUT2D eigenvalue weighted by molar-refractivity contribution is 6.12. The molecule has 0 bridgehead atoms. The molecule has 1 amide bonds. The van der Waals surface area contributed by atoms with E-state index >= 15 is 0 Å². The molecular weight excluding hydrogens is 675 g/mol. The van der Waals surface area contributed by atoms with Gasteiger partial charge in [0.1, 0.15) is 17.2 Å². The van der Waals surface area contributed by atoms with Crippen LogP contribution in [-0.4, -0.2) is 20.1 Å². The van der Waals surface area contributed by atoms with Crippen molar-refractivity contribution in [2.75, 3.05) is 19.5 Å². The number of fused-ring (bicyclic) bond motifs is 8. The SMILES string of the molecule is COc1ccc(C2(c3ccccc3)C=Cc3c4c(c5cc(NC(=O)c6ccccc6)c(OC)cc5c3O2)-c2cc(C)cc(C(F)(F)F)c2C4(C)C)cc1. The van der Waals surface area contributed by atoms with Crippen LogP contribution in [0.15, 0.2) is 115 Å². The molecule has 1 atom stereocenters. The largest absolute Gasteiger partial charge is 0.497 e. The van der Waals surface area contributed by atoms with Crippen LogP contribution in [0.1, 0.15) is 63.1 Å². The summed E-state index contributed by atoms with van der Waals surface area (Å²) in [5.41, 5.74) is 2.90. The van der Waals surface area contributed by atoms with Crippen molar-refractivity contribution in [3.05, 3.63) is 160 Å². The van der Waals surface area contributed by atoms with Crippen molar-refractivity contribution in [3.8, 4) is 28.4 Å². The van der Waals surface area contributed by atoms with Gasteiger partial charge in [-0.3, -0.25) is 4.79 Å². The summed E-state index contributed by atoms with van der Waals surface area (Å²) in [5, 5.41) is 4.26. The Labute approximate surface area is 305 Å². The molecule has 5 nitrogen and oxygen atoms in total. The Morgan fingerprint density at radius 3 is 2.08 bits per heavy atom. The lowest BCUT2D eigenvalue weighted by atomic mass is 9.75. The lowest BCUT2D eigenvalue weighted by Crippen LogP contribution is -2.35. The zero-order valence-corrected chi connectivity index (χ0v) is 29.8. The first kappa shape index (κ1) is 34.1. The van der Waals surface area contributed by atoms with Crippen LogP contribution in [0.3, 0.4) is 0 Å². The Balaban J connectivity index is 1.46. The van der Waals surface area contributed by atoms with E-state index < -0.39 is 22.8 Å². The molecule has 8 heteroatoms. The number of carbonyl (C=O) groups is 1. The van der Waals surface area contributed by atoms with E-state index in [0.29, 0.717) is 67.1 Å². The maximum absolute atomic E-state index is 14.9. The fourth-order valence-corrected chi connectivity index (χ4v) is 8.15. The lowest BCUT2D eigenvalue weighted by Gasteiger charge is -2.38. The highest BCUT2D eigenvalue weighted by Gasteiger charge is 2.48. The summed E-state index contributed by atoms with van der Waals surface area (Å²) < 4.78 is 63.5. The Morgan fingerprint density at radius 1 is 0.774 bits per heavy atom. The van der Waals surface area contributed by atoms with Crippen LogP contribution >= 0.6 is 0 Å². The first-order chi connectivity index (χ1) is 25.4. The Hall–Kier alpha value is -6.02. The number of halogens is 3. The van der Waals surface area contributed by atoms with E-state index in [1.165, 1.54) is 13.2 Å². The molecule has 0 saturated heterocycles. The summed E-state index contributed by atoms with van der Waals surface area (Å²) >= 11 is 0. The van der Waals surface area contributed by atoms with Gasteiger partial charge in [-0.25, -0.2) is 0 Å². The van der Waals surface area contributed by atoms with E-state index in [1.807, 2.05) is 98.8 Å². The molecule has 0 fully saturated rings. The molecule has 1 heterocycles. The summed E-state index contributed by atoms with van der Waals surface area (Å²) in [4.78, 5) is 13.5. The molecule has 0 aromatic heterocycles. The zero-order chi connectivity index (χ0) is 37.3. The van der Waals surface area contributed by atoms with Crippen molar-refractivity contribution in [1.82, 2.24) is 0 Å². The molecule has 1 N–H and O–H groups in total. The van der Waals surface area contributed by atoms with Gasteiger partial charge in [0.15, 0.2) is 5.60 Å². The number of aryl methyl sites for hydroxylation is 1. The Bertz CT molecular complexity index is 2450. The van der Waals surface area contributed by atoms with Gasteiger partial charge in [0, 0.05) is 33.1 Å². The molecule has 2 aliphatic rings. The van der Waals surface area contributed by atoms with E-state index in [-0.39, 0.29) is 11.5 Å². The van der Waals surface area contributed by atoms with Gasteiger partial charge in [0.05, 0.1) is 25.5 Å². The van der Waals surface area contributed by atoms with Crippen LogP contribution in [0, 0.1) is 6.92 Å². The van der Waals surface area contributed by atoms with Crippen LogP contribution < -0.4 is 19.5 Å². The number of hydrogen-bond donors (Lipinski definition) is 1. The number of alkyl halides is 3. The second-order valence-electron chi connectivity index (χ2n) is 14.0. The molecule has 0 spiro atoms. The number of benzene rings is 6. The number of nitrogens with one attached hydrogen (secondary N) is 1. The maximum atomic E-state index is 14.9. The third kappa shape index (κ3) is 5.35. The monoisotopic (exact) mass is 711 g/mol. The van der Waals surface area contributed by atoms with E-state index in [2.05, 4.69) is 5.32 Å². The van der Waals surface area contributed by atoms with Crippen molar-refractivity contribution in [1.29, 1.82) is 0 Å². The normalized spacial score (nSPS) is 16.7. The second-order valence-corrected chi connectivity index (χ2v) is 14.0. The smallest absolute Gasteiger partial charge is 0.416 e. The highest BCUT2D eigenvalue weighted by Crippen LogP contribution is 2.61. The van der Waals surface area contributed by atoms with Crippen LogP contribution in [0.5, 0.6) is 17.2 Å². The minimum atomic E-state index is -4.59. The summed E-state index contributed by atoms with van der Waals surface area (Å²) in [6.45, 7) is 5.36. The van der Waals surface area contributed by atoms with Gasteiger partial charge >= 0.3 is 6.18 Å². The average molecular weight is 712 g/mol. The second kappa shape index (κ2) is 12.3. The van der Waals surface area contributed by atoms with Gasteiger partial charge in [-0.05, 0) is 88.7 Å². The van der Waals surface area contributed by atoms with E-state index in [9.17, 15) is 18.0 Å². The summed E-state index contributed by atoms with van der Waals surface area (Å²) in [5.74, 6) is 1.20. The molecule has 8 rings (SSSR count). The van der Waals surface area contributed by atoms with Gasteiger partial charge in [-0.15, -0.1) is 0 Å². The number of carbonyl (C=O) groups excluding carboxylic acids is 1. The topological polar surface area (TPSA) is 56.8 Å². The first-order valence-electron chi connectivity index (χ1n) is 17.3. The standard InChI is InChI=1S/C45H36F3NO4/c1-26-22-34-38-32-24-36(49-42(50)27-12-8-6-9-13-27)37(52-5)25-33(32)41-31(40(38)43(2,3)39(34)35(23-26)45(46,47)48)20-21-44(53-41,28-14-10-7-11-15-28)29-16-18-30(51-4)19-17-29/h6-25H,1-5H3,(H,49,50). The Kier molecular flexibility index (Phi) is 7.91. The van der Waals surface area contributed by atoms with Gasteiger partial charge < -0.3 is 19.5 Å². The zero-order valence-electron chi connectivity index (χ0n) is 29.8. The molecule has 266 valence electrons. The lowest BCUT2D eigenvalue weighted by molar-refractivity contribution is -0.138. The molecule has 6 aromatic carbocycles. The quantitative estimate of drug-likeness (QED) is 0.187. The first-order valence-corrected chi connectivity index (χ1v) is 17.3. The van der Waals surface area contributed by atoms with Crippen LogP contribution in [0.25, 0.3) is 28.0 Å². The van der Waals surface area contributed by atoms with Crippen molar-refractivity contribution >= 4 is 28.4 Å². The predicted octanol–water partition coefficient (Wildman–Crippen LogP) is 11.1. The predicted molar refractivity (Wildman–Crippen MR) is 202 cm³/mol. The third-order valence-corrected chi connectivity index (χ3v) is 10.5. The van der Waals surface area contributed by atoms with Crippen LogP contribution in [0.4, 0.5) is 18.9 Å². The fourth-order valence-electron chi connectivity index (χ4n) is 8.15. The van der Waals surface area contributed by atoms with Crippen molar-refractivity contribution in [3.63, 3.8) is 0 Å². The average Bonchev–Trinajstić information content (AvgIpc) is 3.40. The van der Waals surface area contributed by atoms with E-state index in [1.54, 1.807) is 44.4 Å². The minimum Gasteiger partial charge on any atom is -0.497 e. The number of rotatable bonds is 6. The number of hydrogen-bond acceptors (Lipinski definition) is 4. The van der Waals surface area contributed by atoms with E-state index in [4.69, 9.17) is 14.2 Å². The Morgan fingerprint density at radius 2 is 1.43 bits per heavy atom. The molecular formula is C45H36F3NO4. The molecule has 6 aromatic rings. The van der Waals surface area contributed by atoms with Crippen LogP contribution in [0.2, 0.25) is 0 Å². The van der Waals surface area contributed by atoms with Gasteiger partial charge in [0.2, 0.25) is 0 Å². The summed E-state index contributed by atoms with van der Waals surface area (Å²) in [7, 11) is 3.13. The van der Waals surface area contributed by atoms with Gasteiger partial charge in [-0.2, -0.15) is 13.2 Å².